The van der Waals surface area contributed by atoms with E-state index < -0.39 is 5.54 Å². The first-order valence-electron chi connectivity index (χ1n) is 15.0. The number of hydrogen-bond donors (Lipinski definition) is 1. The summed E-state index contributed by atoms with van der Waals surface area (Å²) in [5.74, 6) is 0.882. The van der Waals surface area contributed by atoms with E-state index in [1.54, 1.807) is 0 Å². The van der Waals surface area contributed by atoms with Gasteiger partial charge in [0.15, 0.2) is 18.9 Å². The number of carbonyl (C=O) groups is 1. The number of ether oxygens (including phenoxy) is 1. The minimum absolute atomic E-state index is 0.0274. The number of rotatable bonds is 19. The minimum atomic E-state index is -0.416. The van der Waals surface area contributed by atoms with Crippen LogP contribution in [-0.4, -0.2) is 18.1 Å². The van der Waals surface area contributed by atoms with Gasteiger partial charge in [0.2, 0.25) is 5.91 Å². The quantitative estimate of drug-likeness (QED) is 0.153. The first-order valence-corrected chi connectivity index (χ1v) is 15.0. The molecule has 1 atom stereocenters. The van der Waals surface area contributed by atoms with Crippen LogP contribution in [0.4, 0.5) is 0 Å². The van der Waals surface area contributed by atoms with Crippen molar-refractivity contribution in [3.63, 3.8) is 0 Å². The lowest BCUT2D eigenvalue weighted by Crippen LogP contribution is -2.57. The number of nitrogens with zero attached hydrogens (tertiary/aromatic N) is 1. The van der Waals surface area contributed by atoms with E-state index in [0.29, 0.717) is 13.0 Å². The fraction of sp³-hybridized carbons (Fsp3) is 0.529. The maximum atomic E-state index is 13.1. The van der Waals surface area contributed by atoms with Gasteiger partial charge in [-0.05, 0) is 30.5 Å². The van der Waals surface area contributed by atoms with Crippen molar-refractivity contribution >= 4 is 5.91 Å². The van der Waals surface area contributed by atoms with Crippen LogP contribution in [0.1, 0.15) is 96.0 Å². The molecule has 0 bridgehead atoms. The number of unbranched alkanes of at least 4 members (excludes halogenated alkanes) is 11. The highest BCUT2D eigenvalue weighted by atomic mass is 16.5. The van der Waals surface area contributed by atoms with Gasteiger partial charge in [-0.15, -0.1) is 0 Å². The fourth-order valence-corrected chi connectivity index (χ4v) is 5.17. The van der Waals surface area contributed by atoms with Crippen molar-refractivity contribution in [2.45, 2.75) is 109 Å². The maximum Gasteiger partial charge on any atom is 0.225 e. The predicted octanol–water partition coefficient (Wildman–Crippen LogP) is 7.67. The molecule has 1 N–H and O–H groups in total. The molecule has 4 heteroatoms. The molecule has 0 saturated heterocycles. The molecule has 1 aromatic carbocycles. The monoisotopic (exact) mass is 517 g/mol. The second-order valence-electron chi connectivity index (χ2n) is 10.8. The predicted molar refractivity (Wildman–Crippen MR) is 157 cm³/mol. The van der Waals surface area contributed by atoms with Crippen LogP contribution in [0.2, 0.25) is 0 Å². The van der Waals surface area contributed by atoms with Crippen LogP contribution in [0, 0.1) is 0 Å². The van der Waals surface area contributed by atoms with Crippen LogP contribution in [0.3, 0.4) is 0 Å². The summed E-state index contributed by atoms with van der Waals surface area (Å²) in [6, 6.07) is 14.0. The number of allylic oxidation sites excluding steroid dienone is 2. The van der Waals surface area contributed by atoms with Crippen molar-refractivity contribution < 1.29 is 14.1 Å². The number of hydrogen-bond acceptors (Lipinski definition) is 2. The Hall–Kier alpha value is -2.88. The SMILES string of the molecule is CCCCCCCCCCCCCCOc1cccc(CC(=O)NC2(C[n+]3ccccc3)C=CC=CC2)c1. The molecule has 0 radical (unpaired) electrons. The Morgan fingerprint density at radius 3 is 2.21 bits per heavy atom. The number of aromatic nitrogens is 1. The van der Waals surface area contributed by atoms with Crippen LogP contribution in [0.5, 0.6) is 5.75 Å². The molecule has 2 aromatic rings. The molecule has 1 amide bonds. The van der Waals surface area contributed by atoms with Crippen molar-refractivity contribution in [3.05, 3.63) is 84.7 Å². The fourth-order valence-electron chi connectivity index (χ4n) is 5.17. The number of benzene rings is 1. The molecule has 38 heavy (non-hydrogen) atoms. The Kier molecular flexibility index (Phi) is 13.7. The molecule has 0 saturated carbocycles. The van der Waals surface area contributed by atoms with Gasteiger partial charge in [-0.3, -0.25) is 4.79 Å². The molecule has 4 nitrogen and oxygen atoms in total. The molecule has 1 unspecified atom stereocenters. The van der Waals surface area contributed by atoms with Gasteiger partial charge in [0.05, 0.1) is 13.0 Å². The van der Waals surface area contributed by atoms with Gasteiger partial charge in [0.1, 0.15) is 11.3 Å². The van der Waals surface area contributed by atoms with Crippen LogP contribution in [-0.2, 0) is 17.8 Å². The summed E-state index contributed by atoms with van der Waals surface area (Å²) in [5, 5.41) is 3.31. The van der Waals surface area contributed by atoms with Gasteiger partial charge in [0, 0.05) is 12.1 Å². The smallest absolute Gasteiger partial charge is 0.225 e. The number of nitrogens with one attached hydrogen (secondary N) is 1. The van der Waals surface area contributed by atoms with Crippen LogP contribution >= 0.6 is 0 Å². The molecule has 1 aliphatic carbocycles. The molecule has 0 spiro atoms. The van der Waals surface area contributed by atoms with Gasteiger partial charge in [-0.1, -0.05) is 120 Å². The Labute approximate surface area is 231 Å². The third kappa shape index (κ3) is 11.7. The van der Waals surface area contributed by atoms with Gasteiger partial charge in [-0.2, -0.15) is 0 Å². The zero-order chi connectivity index (χ0) is 26.7. The molecule has 0 fully saturated rings. The highest BCUT2D eigenvalue weighted by Crippen LogP contribution is 2.20. The second-order valence-corrected chi connectivity index (χ2v) is 10.8. The first kappa shape index (κ1) is 29.7. The van der Waals surface area contributed by atoms with Gasteiger partial charge in [-0.25, -0.2) is 4.57 Å². The average Bonchev–Trinajstić information content (AvgIpc) is 2.92. The molecule has 1 aromatic heterocycles. The normalized spacial score (nSPS) is 16.4. The zero-order valence-electron chi connectivity index (χ0n) is 23.6. The first-order chi connectivity index (χ1) is 18.7. The molecule has 1 heterocycles. The van der Waals surface area contributed by atoms with Crippen LogP contribution < -0.4 is 14.6 Å². The Morgan fingerprint density at radius 2 is 1.55 bits per heavy atom. The molecule has 0 aliphatic heterocycles. The molecule has 1 aliphatic rings. The van der Waals surface area contributed by atoms with Crippen molar-refractivity contribution in [1.29, 1.82) is 0 Å². The molecule has 3 rings (SSSR count). The van der Waals surface area contributed by atoms with E-state index in [1.807, 2.05) is 67.0 Å². The average molecular weight is 518 g/mol. The maximum absolute atomic E-state index is 13.1. The second kappa shape index (κ2) is 17.6. The largest absolute Gasteiger partial charge is 0.494 e. The third-order valence-corrected chi connectivity index (χ3v) is 7.30. The van der Waals surface area contributed by atoms with Gasteiger partial charge in [0.25, 0.3) is 0 Å². The highest BCUT2D eigenvalue weighted by molar-refractivity contribution is 5.79. The lowest BCUT2D eigenvalue weighted by molar-refractivity contribution is -0.703. The summed E-state index contributed by atoms with van der Waals surface area (Å²) in [4.78, 5) is 13.1. The van der Waals surface area contributed by atoms with E-state index in [9.17, 15) is 4.79 Å². The summed E-state index contributed by atoms with van der Waals surface area (Å²) in [5.41, 5.74) is 0.563. The highest BCUT2D eigenvalue weighted by Gasteiger charge is 2.33. The Bertz CT molecular complexity index is 985. The van der Waals surface area contributed by atoms with Crippen molar-refractivity contribution in [3.8, 4) is 5.75 Å². The number of carbonyl (C=O) groups excluding carboxylic acids is 1. The Balaban J connectivity index is 1.33. The van der Waals surface area contributed by atoms with Gasteiger partial charge >= 0.3 is 0 Å². The summed E-state index contributed by atoms with van der Waals surface area (Å²) in [6.45, 7) is 3.71. The van der Waals surface area contributed by atoms with Crippen LogP contribution in [0.25, 0.3) is 0 Å². The minimum Gasteiger partial charge on any atom is -0.494 e. The topological polar surface area (TPSA) is 42.2 Å². The van der Waals surface area contributed by atoms with Crippen molar-refractivity contribution in [1.82, 2.24) is 5.32 Å². The zero-order valence-corrected chi connectivity index (χ0v) is 23.6. The summed E-state index contributed by atoms with van der Waals surface area (Å²) in [7, 11) is 0. The van der Waals surface area contributed by atoms with E-state index in [2.05, 4.69) is 29.0 Å². The molecular weight excluding hydrogens is 468 g/mol. The van der Waals surface area contributed by atoms with E-state index in [0.717, 1.165) is 30.8 Å². The van der Waals surface area contributed by atoms with Crippen LogP contribution in [0.15, 0.2) is 79.2 Å². The summed E-state index contributed by atoms with van der Waals surface area (Å²) in [6.07, 6.45) is 29.6. The van der Waals surface area contributed by atoms with Crippen molar-refractivity contribution in [2.24, 2.45) is 0 Å². The lowest BCUT2D eigenvalue weighted by atomic mass is 9.90. The lowest BCUT2D eigenvalue weighted by Gasteiger charge is -2.29. The standard InChI is InChI=1S/C34H48N2O2/c1-2-3-4-5-6-7-8-9-10-11-12-19-27-38-32-22-20-21-31(28-32)29-33(37)35-34(23-15-13-16-24-34)30-36-25-17-14-18-26-36/h13-18,20-23,25-26,28H,2-12,19,24,27,29-30H2,1H3/p+1. The van der Waals surface area contributed by atoms with Crippen molar-refractivity contribution in [2.75, 3.05) is 6.61 Å². The summed E-state index contributed by atoms with van der Waals surface area (Å²) >= 11 is 0. The Morgan fingerprint density at radius 1 is 0.868 bits per heavy atom. The van der Waals surface area contributed by atoms with E-state index in [-0.39, 0.29) is 5.91 Å². The van der Waals surface area contributed by atoms with Gasteiger partial charge < -0.3 is 10.1 Å². The van der Waals surface area contributed by atoms with E-state index in [4.69, 9.17) is 4.74 Å². The number of amides is 1. The third-order valence-electron chi connectivity index (χ3n) is 7.30. The molecule has 206 valence electrons. The summed E-state index contributed by atoms with van der Waals surface area (Å²) < 4.78 is 8.13. The number of pyridine rings is 1. The molecular formula is C34H49N2O2+. The van der Waals surface area contributed by atoms with E-state index >= 15 is 0 Å². The van der Waals surface area contributed by atoms with E-state index in [1.165, 1.54) is 70.6 Å².